The van der Waals surface area contributed by atoms with E-state index in [4.69, 9.17) is 15.2 Å². The number of ether oxygens (including phenoxy) is 2. The minimum Gasteiger partial charge on any atom is -0.490 e. The summed E-state index contributed by atoms with van der Waals surface area (Å²) >= 11 is 0. The highest BCUT2D eigenvalue weighted by atomic mass is 19.1. The van der Waals surface area contributed by atoms with E-state index in [-0.39, 0.29) is 37.2 Å². The molecule has 2 aliphatic rings. The van der Waals surface area contributed by atoms with Crippen LogP contribution in [-0.4, -0.2) is 48.6 Å². The smallest absolute Gasteiger partial charge is 0.225 e. The largest absolute Gasteiger partial charge is 0.490 e. The average molecular weight is 336 g/mol. The highest BCUT2D eigenvalue weighted by Gasteiger charge is 2.43. The van der Waals surface area contributed by atoms with E-state index in [9.17, 15) is 14.0 Å². The molecule has 1 aromatic rings. The van der Waals surface area contributed by atoms with Crippen LogP contribution in [0.2, 0.25) is 0 Å². The molecule has 0 radical (unpaired) electrons. The zero-order chi connectivity index (χ0) is 17.2. The Hall–Kier alpha value is -2.15. The number of rotatable bonds is 6. The topological polar surface area (TPSA) is 81.9 Å². The highest BCUT2D eigenvalue weighted by Crippen LogP contribution is 2.33. The quantitative estimate of drug-likeness (QED) is 0.843. The maximum absolute atomic E-state index is 13.0. The van der Waals surface area contributed by atoms with Gasteiger partial charge in [0.05, 0.1) is 19.6 Å². The van der Waals surface area contributed by atoms with Crippen LogP contribution in [0.5, 0.6) is 5.75 Å². The van der Waals surface area contributed by atoms with Crippen molar-refractivity contribution >= 4 is 11.8 Å². The van der Waals surface area contributed by atoms with Gasteiger partial charge >= 0.3 is 0 Å². The summed E-state index contributed by atoms with van der Waals surface area (Å²) in [6, 6.07) is 5.59. The first-order valence-electron chi connectivity index (χ1n) is 8.07. The normalized spacial score (nSPS) is 23.8. The van der Waals surface area contributed by atoms with Crippen molar-refractivity contribution in [2.75, 3.05) is 26.3 Å². The second-order valence-corrected chi connectivity index (χ2v) is 6.45. The van der Waals surface area contributed by atoms with E-state index < -0.39 is 11.5 Å². The highest BCUT2D eigenvalue weighted by molar-refractivity contribution is 5.81. The molecule has 1 aromatic carbocycles. The van der Waals surface area contributed by atoms with Crippen molar-refractivity contribution in [1.82, 2.24) is 4.90 Å². The second kappa shape index (κ2) is 6.76. The maximum atomic E-state index is 13.0. The van der Waals surface area contributed by atoms with Gasteiger partial charge in [-0.15, -0.1) is 0 Å². The van der Waals surface area contributed by atoms with Crippen LogP contribution in [0, 0.1) is 11.7 Å². The molecule has 7 heteroatoms. The fourth-order valence-electron chi connectivity index (χ4n) is 2.93. The number of hydrogen-bond acceptors (Lipinski definition) is 4. The minimum absolute atomic E-state index is 0.0390. The Morgan fingerprint density at radius 3 is 2.67 bits per heavy atom. The first kappa shape index (κ1) is 16.7. The molecule has 1 heterocycles. The number of benzene rings is 1. The van der Waals surface area contributed by atoms with Gasteiger partial charge in [0.15, 0.2) is 0 Å². The average Bonchev–Trinajstić information content (AvgIpc) is 3.38. The molecule has 130 valence electrons. The Morgan fingerprint density at radius 1 is 1.33 bits per heavy atom. The lowest BCUT2D eigenvalue weighted by atomic mass is 9.97. The van der Waals surface area contributed by atoms with Gasteiger partial charge in [0.2, 0.25) is 11.8 Å². The van der Waals surface area contributed by atoms with Crippen molar-refractivity contribution in [1.29, 1.82) is 0 Å². The van der Waals surface area contributed by atoms with Crippen LogP contribution in [0.3, 0.4) is 0 Å². The summed E-state index contributed by atoms with van der Waals surface area (Å²) in [5.74, 6) is -0.196. The molecule has 0 aromatic heterocycles. The van der Waals surface area contributed by atoms with Gasteiger partial charge in [0, 0.05) is 12.5 Å². The van der Waals surface area contributed by atoms with Crippen molar-refractivity contribution in [3.8, 4) is 5.75 Å². The van der Waals surface area contributed by atoms with Gasteiger partial charge in [-0.05, 0) is 37.1 Å². The summed E-state index contributed by atoms with van der Waals surface area (Å²) in [4.78, 5) is 25.5. The second-order valence-electron chi connectivity index (χ2n) is 6.45. The number of halogens is 1. The maximum Gasteiger partial charge on any atom is 0.225 e. The fraction of sp³-hybridized carbons (Fsp3) is 0.529. The molecule has 6 nitrogen and oxygen atoms in total. The van der Waals surface area contributed by atoms with Crippen molar-refractivity contribution < 1.29 is 23.5 Å². The van der Waals surface area contributed by atoms with Crippen LogP contribution < -0.4 is 10.5 Å². The predicted octanol–water partition coefficient (Wildman–Crippen LogP) is 1.09. The SMILES string of the molecule is NC(=O)CC1(COc2ccc(F)cc2)CN(C(=O)C2CC2)CCO1. The summed E-state index contributed by atoms with van der Waals surface area (Å²) in [6.07, 6.45) is 1.80. The number of nitrogens with two attached hydrogens (primary N) is 1. The summed E-state index contributed by atoms with van der Waals surface area (Å²) < 4.78 is 24.4. The first-order valence-corrected chi connectivity index (χ1v) is 8.07. The van der Waals surface area contributed by atoms with E-state index in [0.29, 0.717) is 18.9 Å². The fourth-order valence-corrected chi connectivity index (χ4v) is 2.93. The third kappa shape index (κ3) is 4.03. The summed E-state index contributed by atoms with van der Waals surface area (Å²) in [5, 5.41) is 0. The summed E-state index contributed by atoms with van der Waals surface area (Å²) in [6.45, 7) is 1.17. The van der Waals surface area contributed by atoms with Crippen LogP contribution in [0.4, 0.5) is 4.39 Å². The number of hydrogen-bond donors (Lipinski definition) is 1. The standard InChI is InChI=1S/C17H21FN2O4/c18-13-3-5-14(6-4-13)23-11-17(9-15(19)21)10-20(7-8-24-17)16(22)12-1-2-12/h3-6,12H,1-2,7-11H2,(H2,19,21). The number of morpholine rings is 1. The molecule has 1 aliphatic carbocycles. The van der Waals surface area contributed by atoms with Crippen LogP contribution in [0.15, 0.2) is 24.3 Å². The molecular formula is C17H21FN2O4. The monoisotopic (exact) mass is 336 g/mol. The number of nitrogens with zero attached hydrogens (tertiary/aromatic N) is 1. The van der Waals surface area contributed by atoms with Gasteiger partial charge in [-0.2, -0.15) is 0 Å². The van der Waals surface area contributed by atoms with Crippen molar-refractivity contribution in [3.05, 3.63) is 30.1 Å². The van der Waals surface area contributed by atoms with E-state index in [1.165, 1.54) is 24.3 Å². The Kier molecular flexibility index (Phi) is 4.71. The van der Waals surface area contributed by atoms with Crippen LogP contribution in [0.1, 0.15) is 19.3 Å². The van der Waals surface area contributed by atoms with E-state index in [0.717, 1.165) is 12.8 Å². The van der Waals surface area contributed by atoms with Crippen molar-refractivity contribution in [2.24, 2.45) is 11.7 Å². The van der Waals surface area contributed by atoms with Crippen LogP contribution in [-0.2, 0) is 14.3 Å². The number of carbonyl (C=O) groups is 2. The molecule has 1 unspecified atom stereocenters. The molecular weight excluding hydrogens is 315 g/mol. The van der Waals surface area contributed by atoms with E-state index in [2.05, 4.69) is 0 Å². The third-order valence-corrected chi connectivity index (χ3v) is 4.30. The van der Waals surface area contributed by atoms with E-state index in [1.54, 1.807) is 4.90 Å². The van der Waals surface area contributed by atoms with Crippen molar-refractivity contribution in [2.45, 2.75) is 24.9 Å². The van der Waals surface area contributed by atoms with Gasteiger partial charge < -0.3 is 20.1 Å². The molecule has 1 aliphatic heterocycles. The minimum atomic E-state index is -0.969. The molecule has 2 N–H and O–H groups in total. The van der Waals surface area contributed by atoms with E-state index in [1.807, 2.05) is 0 Å². The molecule has 2 fully saturated rings. The molecule has 3 rings (SSSR count). The number of amides is 2. The van der Waals surface area contributed by atoms with Crippen LogP contribution >= 0.6 is 0 Å². The summed E-state index contributed by atoms with van der Waals surface area (Å²) in [7, 11) is 0. The lowest BCUT2D eigenvalue weighted by Crippen LogP contribution is -2.58. The van der Waals surface area contributed by atoms with E-state index >= 15 is 0 Å². The summed E-state index contributed by atoms with van der Waals surface area (Å²) in [5.41, 5.74) is 4.39. The Morgan fingerprint density at radius 2 is 2.04 bits per heavy atom. The first-order chi connectivity index (χ1) is 11.5. The Labute approximate surface area is 139 Å². The molecule has 0 spiro atoms. The predicted molar refractivity (Wildman–Crippen MR) is 83.7 cm³/mol. The molecule has 1 atom stereocenters. The Balaban J connectivity index is 1.69. The molecule has 1 saturated heterocycles. The molecule has 2 amide bonds. The van der Waals surface area contributed by atoms with Gasteiger partial charge in [-0.25, -0.2) is 4.39 Å². The Bertz CT molecular complexity index is 618. The molecule has 24 heavy (non-hydrogen) atoms. The van der Waals surface area contributed by atoms with Gasteiger partial charge in [-0.3, -0.25) is 9.59 Å². The number of primary amides is 1. The van der Waals surface area contributed by atoms with Crippen molar-refractivity contribution in [3.63, 3.8) is 0 Å². The zero-order valence-electron chi connectivity index (χ0n) is 13.4. The van der Waals surface area contributed by atoms with Crippen LogP contribution in [0.25, 0.3) is 0 Å². The van der Waals surface area contributed by atoms with Gasteiger partial charge in [0.25, 0.3) is 0 Å². The van der Waals surface area contributed by atoms with Gasteiger partial charge in [-0.1, -0.05) is 0 Å². The molecule has 1 saturated carbocycles. The molecule has 0 bridgehead atoms. The third-order valence-electron chi connectivity index (χ3n) is 4.30. The lowest BCUT2D eigenvalue weighted by molar-refractivity contribution is -0.162. The zero-order valence-corrected chi connectivity index (χ0v) is 13.4. The number of carbonyl (C=O) groups excluding carboxylic acids is 2. The lowest BCUT2D eigenvalue weighted by Gasteiger charge is -2.42. The van der Waals surface area contributed by atoms with Gasteiger partial charge in [0.1, 0.15) is 23.8 Å².